The van der Waals surface area contributed by atoms with Crippen molar-refractivity contribution in [3.8, 4) is 0 Å². The quantitative estimate of drug-likeness (QED) is 0.755. The lowest BCUT2D eigenvalue weighted by Gasteiger charge is -2.32. The molecule has 0 unspecified atom stereocenters. The van der Waals surface area contributed by atoms with Gasteiger partial charge in [0.1, 0.15) is 5.65 Å². The van der Waals surface area contributed by atoms with Gasteiger partial charge in [-0.05, 0) is 63.3 Å². The molecule has 0 bridgehead atoms. The number of aromatic amines is 1. The zero-order valence-corrected chi connectivity index (χ0v) is 15.7. The van der Waals surface area contributed by atoms with Gasteiger partial charge in [0, 0.05) is 48.8 Å². The largest absolute Gasteiger partial charge is 0.348 e. The zero-order valence-electron chi connectivity index (χ0n) is 15.7. The Morgan fingerprint density at radius 1 is 1.19 bits per heavy atom. The molecule has 1 N–H and O–H groups in total. The number of carbonyl (C=O) groups excluding carboxylic acids is 1. The molecule has 0 atom stereocenters. The highest BCUT2D eigenvalue weighted by Gasteiger charge is 2.26. The van der Waals surface area contributed by atoms with Crippen molar-refractivity contribution in [3.05, 3.63) is 54.1 Å². The summed E-state index contributed by atoms with van der Waals surface area (Å²) in [5.41, 5.74) is 3.08. The molecule has 1 amide bonds. The molecule has 0 saturated carbocycles. The highest BCUT2D eigenvalue weighted by Crippen LogP contribution is 2.32. The average Bonchev–Trinajstić information content (AvgIpc) is 3.30. The smallest absolute Gasteiger partial charge is 0.255 e. The fraction of sp³-hybridized carbons (Fsp3) is 0.429. The van der Waals surface area contributed by atoms with E-state index in [0.717, 1.165) is 37.1 Å². The molecule has 1 saturated heterocycles. The Labute approximate surface area is 154 Å². The monoisotopic (exact) mass is 350 g/mol. The molecule has 136 valence electrons. The number of nitrogens with one attached hydrogen (secondary N) is 1. The predicted octanol–water partition coefficient (Wildman–Crippen LogP) is 4.14. The van der Waals surface area contributed by atoms with E-state index in [1.54, 1.807) is 0 Å². The number of amides is 1. The van der Waals surface area contributed by atoms with Gasteiger partial charge in [0.05, 0.1) is 5.56 Å². The van der Waals surface area contributed by atoms with Crippen molar-refractivity contribution < 1.29 is 4.79 Å². The van der Waals surface area contributed by atoms with Crippen LogP contribution in [-0.2, 0) is 5.54 Å². The molecule has 26 heavy (non-hydrogen) atoms. The van der Waals surface area contributed by atoms with Crippen LogP contribution in [0.1, 0.15) is 55.5 Å². The van der Waals surface area contributed by atoms with Crippen LogP contribution in [-0.4, -0.2) is 38.4 Å². The van der Waals surface area contributed by atoms with E-state index in [1.165, 1.54) is 10.9 Å². The summed E-state index contributed by atoms with van der Waals surface area (Å²) in [6.07, 6.45) is 9.78. The average molecular weight is 350 g/mol. The van der Waals surface area contributed by atoms with Crippen molar-refractivity contribution in [2.45, 2.75) is 45.1 Å². The van der Waals surface area contributed by atoms with Gasteiger partial charge in [-0.15, -0.1) is 0 Å². The van der Waals surface area contributed by atoms with E-state index in [9.17, 15) is 4.79 Å². The standard InChI is InChI=1S/C21H26N4O/c1-21(2,3)25-13-8-16(14-25)20(26)24-11-6-15(7-12-24)17-4-9-22-19-18(17)5-10-23-19/h4-5,8-10,13-15H,6-7,11-12H2,1-3H3,(H,22,23). The number of rotatable bonds is 2. The number of piperidine rings is 1. The lowest BCUT2D eigenvalue weighted by molar-refractivity contribution is 0.0713. The van der Waals surface area contributed by atoms with Crippen LogP contribution in [0.15, 0.2) is 43.0 Å². The Kier molecular flexibility index (Phi) is 4.10. The van der Waals surface area contributed by atoms with Gasteiger partial charge in [-0.3, -0.25) is 4.79 Å². The van der Waals surface area contributed by atoms with Crippen molar-refractivity contribution in [2.75, 3.05) is 13.1 Å². The maximum atomic E-state index is 12.9. The summed E-state index contributed by atoms with van der Waals surface area (Å²) in [5, 5.41) is 1.21. The molecule has 3 aromatic rings. The molecule has 5 nitrogen and oxygen atoms in total. The minimum atomic E-state index is -0.00516. The fourth-order valence-electron chi connectivity index (χ4n) is 3.85. The van der Waals surface area contributed by atoms with Crippen molar-refractivity contribution in [1.29, 1.82) is 0 Å². The van der Waals surface area contributed by atoms with Gasteiger partial charge in [-0.2, -0.15) is 0 Å². The Morgan fingerprint density at radius 2 is 1.96 bits per heavy atom. The first-order valence-corrected chi connectivity index (χ1v) is 9.33. The molecule has 1 aliphatic heterocycles. The Bertz CT molecular complexity index is 923. The number of hydrogen-bond donors (Lipinski definition) is 1. The van der Waals surface area contributed by atoms with E-state index in [0.29, 0.717) is 5.92 Å². The van der Waals surface area contributed by atoms with Crippen LogP contribution in [0.2, 0.25) is 0 Å². The summed E-state index contributed by atoms with van der Waals surface area (Å²) in [4.78, 5) is 22.4. The maximum absolute atomic E-state index is 12.9. The summed E-state index contributed by atoms with van der Waals surface area (Å²) in [6, 6.07) is 6.16. The number of H-pyrrole nitrogens is 1. The number of fused-ring (bicyclic) bond motifs is 1. The first-order chi connectivity index (χ1) is 12.4. The summed E-state index contributed by atoms with van der Waals surface area (Å²) in [5.74, 6) is 0.632. The van der Waals surface area contributed by atoms with E-state index in [1.807, 2.05) is 35.8 Å². The van der Waals surface area contributed by atoms with Gasteiger partial charge in [0.15, 0.2) is 0 Å². The van der Waals surface area contributed by atoms with Crippen molar-refractivity contribution in [1.82, 2.24) is 19.4 Å². The molecule has 1 fully saturated rings. The highest BCUT2D eigenvalue weighted by atomic mass is 16.2. The summed E-state index contributed by atoms with van der Waals surface area (Å²) in [6.45, 7) is 8.03. The van der Waals surface area contributed by atoms with Crippen LogP contribution < -0.4 is 0 Å². The molecule has 5 heteroatoms. The molecule has 4 heterocycles. The molecule has 0 aromatic carbocycles. The third kappa shape index (κ3) is 3.02. The van der Waals surface area contributed by atoms with Crippen LogP contribution in [0.5, 0.6) is 0 Å². The highest BCUT2D eigenvalue weighted by molar-refractivity contribution is 5.94. The molecule has 0 spiro atoms. The van der Waals surface area contributed by atoms with Gasteiger partial charge in [0.25, 0.3) is 5.91 Å². The topological polar surface area (TPSA) is 53.9 Å². The second kappa shape index (κ2) is 6.31. The van der Waals surface area contributed by atoms with Crippen LogP contribution in [0.25, 0.3) is 11.0 Å². The van der Waals surface area contributed by atoms with E-state index in [2.05, 4.69) is 47.4 Å². The molecule has 3 aromatic heterocycles. The van der Waals surface area contributed by atoms with Gasteiger partial charge in [-0.25, -0.2) is 4.98 Å². The van der Waals surface area contributed by atoms with Gasteiger partial charge in [-0.1, -0.05) is 0 Å². The normalized spacial score (nSPS) is 16.3. The second-order valence-electron chi connectivity index (χ2n) is 8.18. The fourth-order valence-corrected chi connectivity index (χ4v) is 3.85. The Balaban J connectivity index is 1.46. The van der Waals surface area contributed by atoms with E-state index >= 15 is 0 Å². The number of likely N-dealkylation sites (tertiary alicyclic amines) is 1. The summed E-state index contributed by atoms with van der Waals surface area (Å²) < 4.78 is 2.10. The molecule has 0 radical (unpaired) electrons. The van der Waals surface area contributed by atoms with Crippen LogP contribution in [0, 0.1) is 0 Å². The number of pyridine rings is 1. The van der Waals surface area contributed by atoms with Gasteiger partial charge < -0.3 is 14.5 Å². The van der Waals surface area contributed by atoms with Crippen LogP contribution in [0.4, 0.5) is 0 Å². The lowest BCUT2D eigenvalue weighted by atomic mass is 9.88. The minimum absolute atomic E-state index is 0.00516. The first kappa shape index (κ1) is 16.9. The molecule has 1 aliphatic rings. The lowest BCUT2D eigenvalue weighted by Crippen LogP contribution is -2.37. The van der Waals surface area contributed by atoms with Crippen molar-refractivity contribution in [2.24, 2.45) is 0 Å². The zero-order chi connectivity index (χ0) is 18.3. The summed E-state index contributed by atoms with van der Waals surface area (Å²) in [7, 11) is 0. The molecule has 4 rings (SSSR count). The number of hydrogen-bond acceptors (Lipinski definition) is 2. The van der Waals surface area contributed by atoms with E-state index in [-0.39, 0.29) is 11.4 Å². The van der Waals surface area contributed by atoms with Crippen molar-refractivity contribution >= 4 is 16.9 Å². The summed E-state index contributed by atoms with van der Waals surface area (Å²) >= 11 is 0. The molecule has 0 aliphatic carbocycles. The van der Waals surface area contributed by atoms with Crippen LogP contribution >= 0.6 is 0 Å². The van der Waals surface area contributed by atoms with Crippen LogP contribution in [0.3, 0.4) is 0 Å². The third-order valence-corrected chi connectivity index (χ3v) is 5.43. The SMILES string of the molecule is CC(C)(C)n1ccc(C(=O)N2CCC(c3ccnc4[nH]ccc34)CC2)c1. The Hall–Kier alpha value is -2.56. The maximum Gasteiger partial charge on any atom is 0.255 e. The van der Waals surface area contributed by atoms with Gasteiger partial charge in [0.2, 0.25) is 0 Å². The van der Waals surface area contributed by atoms with E-state index in [4.69, 9.17) is 0 Å². The van der Waals surface area contributed by atoms with Crippen molar-refractivity contribution in [3.63, 3.8) is 0 Å². The minimum Gasteiger partial charge on any atom is -0.348 e. The Morgan fingerprint density at radius 3 is 2.65 bits per heavy atom. The van der Waals surface area contributed by atoms with Gasteiger partial charge >= 0.3 is 0 Å². The van der Waals surface area contributed by atoms with E-state index < -0.39 is 0 Å². The molecular weight excluding hydrogens is 324 g/mol. The number of aromatic nitrogens is 3. The molecular formula is C21H26N4O. The number of carbonyl (C=O) groups is 1. The predicted molar refractivity (Wildman–Crippen MR) is 103 cm³/mol. The third-order valence-electron chi connectivity index (χ3n) is 5.43. The first-order valence-electron chi connectivity index (χ1n) is 9.33. The second-order valence-corrected chi connectivity index (χ2v) is 8.18. The number of nitrogens with zero attached hydrogens (tertiary/aromatic N) is 3.